The zero-order valence-corrected chi connectivity index (χ0v) is 14.9. The molecular formula is C14H22ClN3O3S. The van der Waals surface area contributed by atoms with Gasteiger partial charge in [0, 0.05) is 19.2 Å². The summed E-state index contributed by atoms with van der Waals surface area (Å²) in [6, 6.07) is -0.184. The number of aromatic nitrogens is 2. The van der Waals surface area contributed by atoms with Gasteiger partial charge in [-0.1, -0.05) is 11.6 Å². The van der Waals surface area contributed by atoms with Gasteiger partial charge in [-0.15, -0.1) is 0 Å². The Morgan fingerprint density at radius 2 is 2.09 bits per heavy atom. The average molecular weight is 348 g/mol. The molecule has 1 aromatic rings. The second-order valence-electron chi connectivity index (χ2n) is 6.01. The Labute approximate surface area is 136 Å². The molecule has 0 aliphatic carbocycles. The summed E-state index contributed by atoms with van der Waals surface area (Å²) in [5.41, 5.74) is 1.61. The fraction of sp³-hybridized carbons (Fsp3) is 0.714. The lowest BCUT2D eigenvalue weighted by Gasteiger charge is -2.25. The van der Waals surface area contributed by atoms with Crippen molar-refractivity contribution in [2.45, 2.75) is 44.9 Å². The Balaban J connectivity index is 2.26. The van der Waals surface area contributed by atoms with Crippen LogP contribution in [-0.2, 0) is 21.7 Å². The van der Waals surface area contributed by atoms with Crippen LogP contribution in [0.15, 0.2) is 0 Å². The summed E-state index contributed by atoms with van der Waals surface area (Å²) in [5.74, 6) is -0.798. The molecule has 8 heteroatoms. The van der Waals surface area contributed by atoms with Crippen LogP contribution in [0.5, 0.6) is 0 Å². The van der Waals surface area contributed by atoms with Crippen LogP contribution in [0.3, 0.4) is 0 Å². The molecule has 0 saturated carbocycles. The molecule has 6 nitrogen and oxygen atoms in total. The lowest BCUT2D eigenvalue weighted by Crippen LogP contribution is -2.37. The Bertz CT molecular complexity index is 682. The fourth-order valence-electron chi connectivity index (χ4n) is 2.81. The minimum absolute atomic E-state index is 0.184. The van der Waals surface area contributed by atoms with Crippen LogP contribution in [0, 0.1) is 6.92 Å². The molecule has 1 aliphatic heterocycles. The van der Waals surface area contributed by atoms with Crippen molar-refractivity contribution in [3.8, 4) is 0 Å². The summed E-state index contributed by atoms with van der Waals surface area (Å²) in [6.45, 7) is 5.59. The number of hydrogen-bond acceptors (Lipinski definition) is 4. The van der Waals surface area contributed by atoms with E-state index < -0.39 is 20.8 Å². The Morgan fingerprint density at radius 3 is 2.59 bits per heavy atom. The zero-order valence-electron chi connectivity index (χ0n) is 13.3. The van der Waals surface area contributed by atoms with Crippen LogP contribution < -0.4 is 0 Å². The van der Waals surface area contributed by atoms with Gasteiger partial charge in [0.05, 0.1) is 17.0 Å². The number of halogens is 1. The van der Waals surface area contributed by atoms with E-state index in [9.17, 15) is 13.2 Å². The van der Waals surface area contributed by atoms with E-state index >= 15 is 0 Å². The Morgan fingerprint density at radius 1 is 1.45 bits per heavy atom. The van der Waals surface area contributed by atoms with Crippen LogP contribution in [0.2, 0.25) is 5.15 Å². The maximum atomic E-state index is 12.5. The largest absolute Gasteiger partial charge is 0.335 e. The van der Waals surface area contributed by atoms with E-state index in [4.69, 9.17) is 11.6 Å². The van der Waals surface area contributed by atoms with Crippen LogP contribution in [0.1, 0.15) is 44.0 Å². The molecule has 1 aromatic heterocycles. The molecule has 1 saturated heterocycles. The molecule has 0 N–H and O–H groups in total. The first-order chi connectivity index (χ1) is 10.1. The van der Waals surface area contributed by atoms with Crippen LogP contribution >= 0.6 is 11.6 Å². The summed E-state index contributed by atoms with van der Waals surface area (Å²) < 4.78 is 25.6. The summed E-state index contributed by atoms with van der Waals surface area (Å²) in [6.07, 6.45) is 1.61. The molecule has 22 heavy (non-hydrogen) atoms. The third-order valence-electron chi connectivity index (χ3n) is 4.15. The van der Waals surface area contributed by atoms with E-state index in [-0.39, 0.29) is 11.9 Å². The van der Waals surface area contributed by atoms with Crippen molar-refractivity contribution in [3.05, 3.63) is 16.4 Å². The van der Waals surface area contributed by atoms with Crippen molar-refractivity contribution < 1.29 is 13.2 Å². The zero-order chi connectivity index (χ0) is 16.7. The van der Waals surface area contributed by atoms with Gasteiger partial charge in [0.1, 0.15) is 10.9 Å². The first kappa shape index (κ1) is 17.3. The second kappa shape index (κ2) is 6.20. The van der Waals surface area contributed by atoms with Crippen molar-refractivity contribution in [1.82, 2.24) is 14.7 Å². The standard InChI is InChI=1S/C14H22ClN3O3S/c1-9(2)22(20,21)8-12(19)18-7-5-6-11(18)13-10(3)16-17(4)14(13)15/h9,11H,5-8H2,1-4H3. The lowest BCUT2D eigenvalue weighted by atomic mass is 10.1. The van der Waals surface area contributed by atoms with E-state index in [1.807, 2.05) is 6.92 Å². The monoisotopic (exact) mass is 347 g/mol. The molecule has 124 valence electrons. The Kier molecular flexibility index (Phi) is 4.87. The highest BCUT2D eigenvalue weighted by molar-refractivity contribution is 7.92. The topological polar surface area (TPSA) is 72.3 Å². The number of likely N-dealkylation sites (tertiary alicyclic amines) is 1. The number of carbonyl (C=O) groups is 1. The number of rotatable bonds is 4. The van der Waals surface area contributed by atoms with Gasteiger partial charge < -0.3 is 4.90 Å². The third kappa shape index (κ3) is 3.15. The fourth-order valence-corrected chi connectivity index (χ4v) is 3.96. The smallest absolute Gasteiger partial charge is 0.238 e. The summed E-state index contributed by atoms with van der Waals surface area (Å²) >= 11 is 6.29. The maximum absolute atomic E-state index is 12.5. The molecule has 1 atom stereocenters. The number of nitrogens with zero attached hydrogens (tertiary/aromatic N) is 3. The van der Waals surface area contributed by atoms with Crippen LogP contribution in [-0.4, -0.2) is 46.6 Å². The molecular weight excluding hydrogens is 326 g/mol. The number of amides is 1. The van der Waals surface area contributed by atoms with Crippen molar-refractivity contribution in [1.29, 1.82) is 0 Å². The highest BCUT2D eigenvalue weighted by Gasteiger charge is 2.36. The van der Waals surface area contributed by atoms with Gasteiger partial charge in [-0.3, -0.25) is 9.48 Å². The first-order valence-corrected chi connectivity index (χ1v) is 9.44. The normalized spacial score (nSPS) is 19.2. The minimum Gasteiger partial charge on any atom is -0.335 e. The van der Waals surface area contributed by atoms with Gasteiger partial charge in [0.25, 0.3) is 0 Å². The van der Waals surface area contributed by atoms with E-state index in [1.54, 1.807) is 30.5 Å². The summed E-state index contributed by atoms with van der Waals surface area (Å²) in [5, 5.41) is 4.23. The predicted molar refractivity (Wildman–Crippen MR) is 85.6 cm³/mol. The molecule has 0 aromatic carbocycles. The van der Waals surface area contributed by atoms with E-state index in [2.05, 4.69) is 5.10 Å². The number of aryl methyl sites for hydroxylation is 2. The molecule has 0 spiro atoms. The van der Waals surface area contributed by atoms with Crippen molar-refractivity contribution >= 4 is 27.3 Å². The van der Waals surface area contributed by atoms with Gasteiger partial charge in [-0.05, 0) is 33.6 Å². The van der Waals surface area contributed by atoms with E-state index in [1.165, 1.54) is 0 Å². The van der Waals surface area contributed by atoms with Crippen molar-refractivity contribution in [2.24, 2.45) is 7.05 Å². The Hall–Kier alpha value is -1.08. The van der Waals surface area contributed by atoms with Crippen LogP contribution in [0.25, 0.3) is 0 Å². The van der Waals surface area contributed by atoms with Gasteiger partial charge in [-0.2, -0.15) is 5.10 Å². The molecule has 2 heterocycles. The highest BCUT2D eigenvalue weighted by atomic mass is 35.5. The van der Waals surface area contributed by atoms with E-state index in [0.29, 0.717) is 11.7 Å². The summed E-state index contributed by atoms with van der Waals surface area (Å²) in [4.78, 5) is 14.1. The maximum Gasteiger partial charge on any atom is 0.238 e. The first-order valence-electron chi connectivity index (χ1n) is 7.35. The molecule has 0 bridgehead atoms. The highest BCUT2D eigenvalue weighted by Crippen LogP contribution is 2.37. The molecule has 0 radical (unpaired) electrons. The quantitative estimate of drug-likeness (QED) is 0.833. The van der Waals surface area contributed by atoms with Crippen LogP contribution in [0.4, 0.5) is 0 Å². The molecule has 2 rings (SSSR count). The van der Waals surface area contributed by atoms with Crippen molar-refractivity contribution in [3.63, 3.8) is 0 Å². The van der Waals surface area contributed by atoms with Crippen molar-refractivity contribution in [2.75, 3.05) is 12.3 Å². The second-order valence-corrected chi connectivity index (χ2v) is 8.93. The predicted octanol–water partition coefficient (Wildman–Crippen LogP) is 1.87. The third-order valence-corrected chi connectivity index (χ3v) is 6.68. The number of hydrogen-bond donors (Lipinski definition) is 0. The molecule has 1 aliphatic rings. The number of sulfone groups is 1. The molecule has 1 fully saturated rings. The SMILES string of the molecule is Cc1nn(C)c(Cl)c1C1CCCN1C(=O)CS(=O)(=O)C(C)C. The summed E-state index contributed by atoms with van der Waals surface area (Å²) in [7, 11) is -1.65. The minimum atomic E-state index is -3.40. The van der Waals surface area contributed by atoms with E-state index in [0.717, 1.165) is 24.1 Å². The number of carbonyl (C=O) groups excluding carboxylic acids is 1. The average Bonchev–Trinajstić information content (AvgIpc) is 2.95. The molecule has 1 unspecified atom stereocenters. The van der Waals surface area contributed by atoms with Gasteiger partial charge in [0.15, 0.2) is 9.84 Å². The van der Waals surface area contributed by atoms with Gasteiger partial charge in [-0.25, -0.2) is 8.42 Å². The lowest BCUT2D eigenvalue weighted by molar-refractivity contribution is -0.129. The van der Waals surface area contributed by atoms with Gasteiger partial charge in [0.2, 0.25) is 5.91 Å². The molecule has 1 amide bonds. The van der Waals surface area contributed by atoms with Gasteiger partial charge >= 0.3 is 0 Å².